The van der Waals surface area contributed by atoms with Crippen molar-refractivity contribution >= 4 is 5.84 Å². The van der Waals surface area contributed by atoms with Crippen LogP contribution in [-0.4, -0.2) is 29.5 Å². The van der Waals surface area contributed by atoms with Crippen LogP contribution >= 0.6 is 0 Å². The minimum atomic E-state index is -0.430. The average Bonchev–Trinajstić information content (AvgIpc) is 2.60. The summed E-state index contributed by atoms with van der Waals surface area (Å²) in [6.07, 6.45) is 1.59. The quantitative estimate of drug-likeness (QED) is 0.343. The lowest BCUT2D eigenvalue weighted by Crippen LogP contribution is -2.21. The van der Waals surface area contributed by atoms with Crippen molar-refractivity contribution in [2.24, 2.45) is 5.22 Å². The first-order chi connectivity index (χ1) is 12.0. The fourth-order valence-electron chi connectivity index (χ4n) is 2.28. The van der Waals surface area contributed by atoms with Crippen LogP contribution in [0.25, 0.3) is 11.1 Å². The Bertz CT molecular complexity index is 782. The summed E-state index contributed by atoms with van der Waals surface area (Å²) in [6.45, 7) is 4.00. The molecule has 0 spiro atoms. The van der Waals surface area contributed by atoms with Crippen LogP contribution in [0.15, 0.2) is 35.7 Å². The second kappa shape index (κ2) is 8.18. The van der Waals surface area contributed by atoms with Gasteiger partial charge in [0.05, 0.1) is 20.3 Å². The minimum absolute atomic E-state index is 0.137. The van der Waals surface area contributed by atoms with E-state index in [1.165, 1.54) is 24.3 Å². The lowest BCUT2D eigenvalue weighted by Gasteiger charge is -2.17. The number of nitrogens with one attached hydrogen (secondary N) is 2. The van der Waals surface area contributed by atoms with Crippen LogP contribution in [0.4, 0.5) is 4.39 Å². The van der Waals surface area contributed by atoms with Crippen LogP contribution in [-0.2, 0) is 6.54 Å². The molecule has 2 rings (SSSR count). The number of pyridine rings is 1. The molecule has 0 aliphatic heterocycles. The van der Waals surface area contributed by atoms with Gasteiger partial charge in [-0.3, -0.25) is 5.41 Å². The van der Waals surface area contributed by atoms with Gasteiger partial charge in [0.2, 0.25) is 5.88 Å². The number of benzene rings is 1. The first-order valence-corrected chi connectivity index (χ1v) is 7.65. The zero-order valence-corrected chi connectivity index (χ0v) is 14.3. The monoisotopic (exact) mass is 345 g/mol. The lowest BCUT2D eigenvalue weighted by molar-refractivity contribution is 0.327. The maximum absolute atomic E-state index is 13.9. The molecule has 1 aromatic heterocycles. The Morgan fingerprint density at radius 2 is 2.08 bits per heavy atom. The molecule has 7 nitrogen and oxygen atoms in total. The van der Waals surface area contributed by atoms with Crippen molar-refractivity contribution in [1.29, 1.82) is 10.9 Å². The molecule has 0 aliphatic carbocycles. The number of amidine groups is 1. The van der Waals surface area contributed by atoms with Gasteiger partial charge in [-0.05, 0) is 43.2 Å². The van der Waals surface area contributed by atoms with Gasteiger partial charge in [-0.2, -0.15) is 5.53 Å². The van der Waals surface area contributed by atoms with Gasteiger partial charge in [0, 0.05) is 17.8 Å². The first kappa shape index (κ1) is 18.3. The van der Waals surface area contributed by atoms with E-state index >= 15 is 0 Å². The Kier molecular flexibility index (Phi) is 5.99. The molecule has 0 bridgehead atoms. The highest BCUT2D eigenvalue weighted by Gasteiger charge is 2.14. The van der Waals surface area contributed by atoms with Crippen molar-refractivity contribution in [3.05, 3.63) is 41.8 Å². The summed E-state index contributed by atoms with van der Waals surface area (Å²) in [5.74, 6) is 0.471. The highest BCUT2D eigenvalue weighted by molar-refractivity contribution is 5.76. The summed E-state index contributed by atoms with van der Waals surface area (Å²) in [5, 5.41) is 12.1. The Hall–Kier alpha value is -3.03. The van der Waals surface area contributed by atoms with E-state index in [2.05, 4.69) is 10.2 Å². The van der Waals surface area contributed by atoms with Crippen LogP contribution in [0, 0.1) is 16.8 Å². The highest BCUT2D eigenvalue weighted by Crippen LogP contribution is 2.32. The molecule has 0 unspecified atom stereocenters. The standard InChI is InChI=1S/C17H20FN5O2/c1-4-25-17-16(13-6-14(18)8-15(7-13)24-3)5-12(9-21-17)10-23(22-20)11(2)19/h5-9,19-20H,4,10H2,1-3H3. The molecule has 1 aromatic carbocycles. The summed E-state index contributed by atoms with van der Waals surface area (Å²) >= 11 is 0. The van der Waals surface area contributed by atoms with Gasteiger partial charge in [-0.15, -0.1) is 0 Å². The van der Waals surface area contributed by atoms with Crippen molar-refractivity contribution in [3.8, 4) is 22.8 Å². The molecule has 1 heterocycles. The smallest absolute Gasteiger partial charge is 0.221 e. The molecule has 0 saturated heterocycles. The third-order valence-electron chi connectivity index (χ3n) is 3.45. The fourth-order valence-corrected chi connectivity index (χ4v) is 2.28. The Morgan fingerprint density at radius 1 is 1.32 bits per heavy atom. The molecule has 8 heteroatoms. The summed E-state index contributed by atoms with van der Waals surface area (Å²) in [4.78, 5) is 4.29. The average molecular weight is 345 g/mol. The number of rotatable bonds is 7. The normalized spacial score (nSPS) is 10.2. The number of hydrogen-bond acceptors (Lipinski definition) is 6. The van der Waals surface area contributed by atoms with E-state index < -0.39 is 5.82 Å². The van der Waals surface area contributed by atoms with Crippen molar-refractivity contribution in [3.63, 3.8) is 0 Å². The number of halogens is 1. The Morgan fingerprint density at radius 3 is 2.68 bits per heavy atom. The van der Waals surface area contributed by atoms with Crippen molar-refractivity contribution < 1.29 is 13.9 Å². The molecule has 132 valence electrons. The van der Waals surface area contributed by atoms with Crippen molar-refractivity contribution in [1.82, 2.24) is 9.99 Å². The minimum Gasteiger partial charge on any atom is -0.497 e. The van der Waals surface area contributed by atoms with E-state index in [1.807, 2.05) is 6.92 Å². The van der Waals surface area contributed by atoms with Gasteiger partial charge in [0.15, 0.2) is 0 Å². The number of ether oxygens (including phenoxy) is 2. The molecular weight excluding hydrogens is 325 g/mol. The predicted molar refractivity (Wildman–Crippen MR) is 91.4 cm³/mol. The van der Waals surface area contributed by atoms with Crippen LogP contribution < -0.4 is 9.47 Å². The highest BCUT2D eigenvalue weighted by atomic mass is 19.1. The third-order valence-corrected chi connectivity index (χ3v) is 3.45. The first-order valence-electron chi connectivity index (χ1n) is 7.65. The number of aromatic nitrogens is 1. The number of hydrogen-bond donors (Lipinski definition) is 2. The van der Waals surface area contributed by atoms with Crippen LogP contribution in [0.2, 0.25) is 0 Å². The van der Waals surface area contributed by atoms with E-state index in [0.29, 0.717) is 34.9 Å². The van der Waals surface area contributed by atoms with Crippen molar-refractivity contribution in [2.75, 3.05) is 13.7 Å². The second-order valence-electron chi connectivity index (χ2n) is 5.25. The molecule has 0 saturated carbocycles. The Labute approximate surface area is 145 Å². The van der Waals surface area contributed by atoms with E-state index in [4.69, 9.17) is 20.4 Å². The zero-order valence-electron chi connectivity index (χ0n) is 14.3. The van der Waals surface area contributed by atoms with Crippen LogP contribution in [0.3, 0.4) is 0 Å². The molecule has 2 N–H and O–H groups in total. The van der Waals surface area contributed by atoms with E-state index in [9.17, 15) is 4.39 Å². The summed E-state index contributed by atoms with van der Waals surface area (Å²) in [5.41, 5.74) is 9.02. The zero-order chi connectivity index (χ0) is 18.4. The molecular formula is C17H20FN5O2. The summed E-state index contributed by atoms with van der Waals surface area (Å²) < 4.78 is 24.5. The van der Waals surface area contributed by atoms with Gasteiger partial charge in [0.25, 0.3) is 0 Å². The lowest BCUT2D eigenvalue weighted by atomic mass is 10.0. The predicted octanol–water partition coefficient (Wildman–Crippen LogP) is 4.04. The van der Waals surface area contributed by atoms with Gasteiger partial charge in [0.1, 0.15) is 17.4 Å². The van der Waals surface area contributed by atoms with Crippen molar-refractivity contribution in [2.45, 2.75) is 20.4 Å². The topological polar surface area (TPSA) is 94.7 Å². The van der Waals surface area contributed by atoms with Gasteiger partial charge < -0.3 is 9.47 Å². The summed E-state index contributed by atoms with van der Waals surface area (Å²) in [7, 11) is 1.47. The van der Waals surface area contributed by atoms with Crippen LogP contribution in [0.5, 0.6) is 11.6 Å². The molecule has 0 atom stereocenters. The third kappa shape index (κ3) is 4.50. The van der Waals surface area contributed by atoms with Crippen LogP contribution in [0.1, 0.15) is 19.4 Å². The van der Waals surface area contributed by atoms with Gasteiger partial charge in [-0.1, -0.05) is 5.22 Å². The van der Waals surface area contributed by atoms with Gasteiger partial charge >= 0.3 is 0 Å². The molecule has 25 heavy (non-hydrogen) atoms. The molecule has 0 radical (unpaired) electrons. The molecule has 0 fully saturated rings. The summed E-state index contributed by atoms with van der Waals surface area (Å²) in [6, 6.07) is 6.15. The van der Waals surface area contributed by atoms with E-state index in [1.54, 1.807) is 25.3 Å². The van der Waals surface area contributed by atoms with E-state index in [0.717, 1.165) is 0 Å². The van der Waals surface area contributed by atoms with Gasteiger partial charge in [-0.25, -0.2) is 14.4 Å². The molecule has 2 aromatic rings. The van der Waals surface area contributed by atoms with E-state index in [-0.39, 0.29) is 12.4 Å². The fraction of sp³-hybridized carbons (Fsp3) is 0.294. The number of methoxy groups -OCH3 is 1. The second-order valence-corrected chi connectivity index (χ2v) is 5.25. The maximum Gasteiger partial charge on any atom is 0.221 e. The largest absolute Gasteiger partial charge is 0.497 e. The Balaban J connectivity index is 2.50. The SMILES string of the molecule is CCOc1ncc(CN(N=N)C(C)=N)cc1-c1cc(F)cc(OC)c1. The number of nitrogens with zero attached hydrogens (tertiary/aromatic N) is 3. The molecule has 0 amide bonds. The molecule has 0 aliphatic rings. The maximum atomic E-state index is 13.9.